The molecule has 0 saturated heterocycles. The lowest BCUT2D eigenvalue weighted by molar-refractivity contribution is 0.291. The fraction of sp³-hybridized carbons (Fsp3) is 1.00. The maximum Gasteiger partial charge on any atom is 0.137 e. The molecular formula is C15H33BN. The van der Waals surface area contributed by atoms with Crippen LogP contribution in [0.5, 0.6) is 0 Å². The molecule has 0 bridgehead atoms. The number of nitrogens with zero attached hydrogens (tertiary/aromatic N) is 1. The number of rotatable bonds is 6. The second-order valence-electron chi connectivity index (χ2n) is 7.56. The molecule has 2 unspecified atom stereocenters. The van der Waals surface area contributed by atoms with E-state index in [9.17, 15) is 0 Å². The van der Waals surface area contributed by atoms with Gasteiger partial charge in [0.05, 0.1) is 0 Å². The second-order valence-corrected chi connectivity index (χ2v) is 7.56. The van der Waals surface area contributed by atoms with Crippen molar-refractivity contribution >= 4 is 7.28 Å². The predicted molar refractivity (Wildman–Crippen MR) is 80.7 cm³/mol. The summed E-state index contributed by atoms with van der Waals surface area (Å²) in [7, 11) is 6.96. The Bertz CT molecular complexity index is 195. The summed E-state index contributed by atoms with van der Waals surface area (Å²) < 4.78 is 0. The minimum atomic E-state index is 0.416. The zero-order valence-electron chi connectivity index (χ0n) is 13.5. The van der Waals surface area contributed by atoms with Gasteiger partial charge in [-0.1, -0.05) is 66.6 Å². The summed E-state index contributed by atoms with van der Waals surface area (Å²) in [5.74, 6) is 2.72. The quantitative estimate of drug-likeness (QED) is 0.629. The van der Waals surface area contributed by atoms with E-state index in [0.29, 0.717) is 23.1 Å². The molecule has 0 amide bonds. The Hall–Kier alpha value is 0.0249. The standard InChI is InChI=1S/C15H33BN/c1-11(2)13(10-15(5,6)7)16-14(12(3)4)17(8)9/h11-14H,10H2,1-9H3. The van der Waals surface area contributed by atoms with E-state index in [2.05, 4.69) is 74.7 Å². The highest BCUT2D eigenvalue weighted by Crippen LogP contribution is 2.34. The van der Waals surface area contributed by atoms with Gasteiger partial charge in [-0.05, 0) is 31.4 Å². The van der Waals surface area contributed by atoms with Crippen LogP contribution in [-0.4, -0.2) is 32.2 Å². The van der Waals surface area contributed by atoms with Crippen molar-refractivity contribution in [3.63, 3.8) is 0 Å². The first-order valence-electron chi connectivity index (χ1n) is 7.06. The van der Waals surface area contributed by atoms with Crippen LogP contribution < -0.4 is 0 Å². The van der Waals surface area contributed by atoms with Gasteiger partial charge in [0.15, 0.2) is 0 Å². The minimum absolute atomic E-state index is 0.416. The molecule has 0 aromatic rings. The molecule has 0 spiro atoms. The number of hydrogen-bond acceptors (Lipinski definition) is 1. The molecule has 0 N–H and O–H groups in total. The van der Waals surface area contributed by atoms with Crippen LogP contribution in [0.15, 0.2) is 0 Å². The van der Waals surface area contributed by atoms with Crippen molar-refractivity contribution in [3.8, 4) is 0 Å². The molecule has 0 heterocycles. The molecular weight excluding hydrogens is 205 g/mol. The van der Waals surface area contributed by atoms with Crippen molar-refractivity contribution in [2.75, 3.05) is 14.1 Å². The van der Waals surface area contributed by atoms with Gasteiger partial charge in [-0.25, -0.2) is 0 Å². The summed E-state index contributed by atoms with van der Waals surface area (Å²) in [5.41, 5.74) is 0.416. The Labute approximate surface area is 111 Å². The molecule has 0 aromatic carbocycles. The lowest BCUT2D eigenvalue weighted by atomic mass is 9.49. The molecule has 17 heavy (non-hydrogen) atoms. The highest BCUT2D eigenvalue weighted by molar-refractivity contribution is 6.40. The fourth-order valence-electron chi connectivity index (χ4n) is 2.48. The maximum atomic E-state index is 2.58. The van der Waals surface area contributed by atoms with Crippen molar-refractivity contribution in [1.29, 1.82) is 0 Å². The summed E-state index contributed by atoms with van der Waals surface area (Å²) >= 11 is 0. The van der Waals surface area contributed by atoms with Crippen LogP contribution in [0.1, 0.15) is 54.9 Å². The van der Waals surface area contributed by atoms with Crippen LogP contribution in [-0.2, 0) is 0 Å². The molecule has 0 aromatic heterocycles. The summed E-state index contributed by atoms with van der Waals surface area (Å²) in [6.45, 7) is 16.4. The minimum Gasteiger partial charge on any atom is -0.314 e. The SMILES string of the molecule is CC(C)C([B]C(C(C)C)N(C)C)CC(C)(C)C. The van der Waals surface area contributed by atoms with Crippen molar-refractivity contribution in [1.82, 2.24) is 4.90 Å². The highest BCUT2D eigenvalue weighted by atomic mass is 15.1. The molecule has 0 aliphatic carbocycles. The van der Waals surface area contributed by atoms with Crippen molar-refractivity contribution in [2.24, 2.45) is 17.3 Å². The summed E-state index contributed by atoms with van der Waals surface area (Å²) in [5, 5.41) is 0. The van der Waals surface area contributed by atoms with E-state index >= 15 is 0 Å². The Balaban J connectivity index is 4.62. The third kappa shape index (κ3) is 7.13. The third-order valence-corrected chi connectivity index (χ3v) is 3.43. The third-order valence-electron chi connectivity index (χ3n) is 3.43. The molecule has 0 fully saturated rings. The van der Waals surface area contributed by atoms with Gasteiger partial charge in [0, 0.05) is 0 Å². The van der Waals surface area contributed by atoms with Crippen LogP contribution in [0.25, 0.3) is 0 Å². The lowest BCUT2D eigenvalue weighted by Crippen LogP contribution is -2.41. The van der Waals surface area contributed by atoms with Gasteiger partial charge in [0.25, 0.3) is 0 Å². The van der Waals surface area contributed by atoms with Crippen LogP contribution in [0.3, 0.4) is 0 Å². The predicted octanol–water partition coefficient (Wildman–Crippen LogP) is 4.12. The molecule has 0 aliphatic rings. The second kappa shape index (κ2) is 6.82. The lowest BCUT2D eigenvalue weighted by Gasteiger charge is -2.35. The first-order valence-corrected chi connectivity index (χ1v) is 7.06. The van der Waals surface area contributed by atoms with Crippen LogP contribution in [0.4, 0.5) is 0 Å². The molecule has 2 heteroatoms. The largest absolute Gasteiger partial charge is 0.314 e. The monoisotopic (exact) mass is 238 g/mol. The highest BCUT2D eigenvalue weighted by Gasteiger charge is 2.27. The number of hydrogen-bond donors (Lipinski definition) is 0. The molecule has 1 nitrogen and oxygen atoms in total. The molecule has 0 rings (SSSR count). The summed E-state index contributed by atoms with van der Waals surface area (Å²) in [4.78, 5) is 2.35. The van der Waals surface area contributed by atoms with Gasteiger partial charge in [-0.15, -0.1) is 0 Å². The Morgan fingerprint density at radius 2 is 1.41 bits per heavy atom. The molecule has 0 saturated carbocycles. The van der Waals surface area contributed by atoms with E-state index in [-0.39, 0.29) is 0 Å². The summed E-state index contributed by atoms with van der Waals surface area (Å²) in [6.07, 6.45) is 1.28. The van der Waals surface area contributed by atoms with E-state index in [1.165, 1.54) is 6.42 Å². The van der Waals surface area contributed by atoms with Crippen LogP contribution in [0, 0.1) is 17.3 Å². The topological polar surface area (TPSA) is 3.24 Å². The van der Waals surface area contributed by atoms with Gasteiger partial charge in [0.2, 0.25) is 0 Å². The van der Waals surface area contributed by atoms with Gasteiger partial charge in [-0.3, -0.25) is 0 Å². The van der Waals surface area contributed by atoms with E-state index in [0.717, 1.165) is 5.92 Å². The van der Waals surface area contributed by atoms with Crippen LogP contribution in [0.2, 0.25) is 5.82 Å². The zero-order chi connectivity index (χ0) is 13.8. The first-order chi connectivity index (χ1) is 7.54. The maximum absolute atomic E-state index is 2.58. The normalized spacial score (nSPS) is 16.7. The van der Waals surface area contributed by atoms with Gasteiger partial charge < -0.3 is 4.90 Å². The Morgan fingerprint density at radius 3 is 1.65 bits per heavy atom. The van der Waals surface area contributed by atoms with Crippen molar-refractivity contribution in [2.45, 2.75) is 66.6 Å². The average molecular weight is 238 g/mol. The molecule has 1 radical (unpaired) electrons. The zero-order valence-corrected chi connectivity index (χ0v) is 13.5. The Morgan fingerprint density at radius 1 is 0.941 bits per heavy atom. The Kier molecular flexibility index (Phi) is 6.83. The van der Waals surface area contributed by atoms with Gasteiger partial charge in [-0.2, -0.15) is 0 Å². The smallest absolute Gasteiger partial charge is 0.137 e. The average Bonchev–Trinajstić information content (AvgIpc) is 2.08. The molecule has 0 aliphatic heterocycles. The molecule has 2 atom stereocenters. The van der Waals surface area contributed by atoms with Crippen molar-refractivity contribution in [3.05, 3.63) is 0 Å². The van der Waals surface area contributed by atoms with E-state index in [1.807, 2.05) is 0 Å². The fourth-order valence-corrected chi connectivity index (χ4v) is 2.48. The van der Waals surface area contributed by atoms with Crippen molar-refractivity contribution < 1.29 is 0 Å². The summed E-state index contributed by atoms with van der Waals surface area (Å²) in [6, 6.07) is 0. The van der Waals surface area contributed by atoms with Gasteiger partial charge >= 0.3 is 0 Å². The van der Waals surface area contributed by atoms with Gasteiger partial charge in [0.1, 0.15) is 7.28 Å². The van der Waals surface area contributed by atoms with E-state index < -0.39 is 0 Å². The van der Waals surface area contributed by atoms with E-state index in [4.69, 9.17) is 0 Å². The first kappa shape index (κ1) is 17.0. The molecule has 101 valence electrons. The van der Waals surface area contributed by atoms with E-state index in [1.54, 1.807) is 0 Å². The van der Waals surface area contributed by atoms with Crippen LogP contribution >= 0.6 is 0 Å².